The van der Waals surface area contributed by atoms with Crippen molar-refractivity contribution in [1.82, 2.24) is 9.55 Å². The number of rotatable bonds is 4. The summed E-state index contributed by atoms with van der Waals surface area (Å²) in [5.74, 6) is 0.512. The van der Waals surface area contributed by atoms with Gasteiger partial charge in [0.2, 0.25) is 0 Å². The molecule has 0 unspecified atom stereocenters. The zero-order valence-corrected chi connectivity index (χ0v) is 13.2. The average molecular weight is 333 g/mol. The standard InChI is InChI=1S/C14H11N3O3S2/c1-16-13(18)12-11(5-6-21-12)15-14(16)22-8-9-3-2-4-10(7-9)17(19)20/h2-7H,8H2,1H3. The molecule has 0 fully saturated rings. The van der Waals surface area contributed by atoms with Gasteiger partial charge in [-0.25, -0.2) is 4.98 Å². The van der Waals surface area contributed by atoms with Crippen LogP contribution in [-0.2, 0) is 12.8 Å². The third-order valence-corrected chi connectivity index (χ3v) is 5.13. The first-order chi connectivity index (χ1) is 10.6. The fourth-order valence-electron chi connectivity index (χ4n) is 2.00. The molecule has 22 heavy (non-hydrogen) atoms. The van der Waals surface area contributed by atoms with Gasteiger partial charge in [-0.3, -0.25) is 19.5 Å². The Morgan fingerprint density at radius 2 is 2.23 bits per heavy atom. The summed E-state index contributed by atoms with van der Waals surface area (Å²) < 4.78 is 2.16. The summed E-state index contributed by atoms with van der Waals surface area (Å²) in [6, 6.07) is 8.29. The van der Waals surface area contributed by atoms with Crippen LogP contribution in [0.1, 0.15) is 5.56 Å². The smallest absolute Gasteiger partial charge is 0.271 e. The average Bonchev–Trinajstić information content (AvgIpc) is 2.98. The Balaban J connectivity index is 1.88. The van der Waals surface area contributed by atoms with E-state index in [1.54, 1.807) is 13.1 Å². The number of thioether (sulfide) groups is 1. The molecule has 0 spiro atoms. The first kappa shape index (κ1) is 14.7. The number of thiophene rings is 1. The van der Waals surface area contributed by atoms with Crippen molar-refractivity contribution in [1.29, 1.82) is 0 Å². The van der Waals surface area contributed by atoms with Crippen molar-refractivity contribution in [3.05, 3.63) is 61.7 Å². The molecular formula is C14H11N3O3S2. The number of fused-ring (bicyclic) bond motifs is 1. The van der Waals surface area contributed by atoms with Crippen molar-refractivity contribution in [2.75, 3.05) is 0 Å². The van der Waals surface area contributed by atoms with Gasteiger partial charge in [0.05, 0.1) is 10.4 Å². The monoisotopic (exact) mass is 333 g/mol. The molecule has 0 bridgehead atoms. The lowest BCUT2D eigenvalue weighted by molar-refractivity contribution is -0.384. The molecule has 6 nitrogen and oxygen atoms in total. The predicted molar refractivity (Wildman–Crippen MR) is 87.5 cm³/mol. The quantitative estimate of drug-likeness (QED) is 0.317. The second-order valence-corrected chi connectivity index (χ2v) is 6.47. The highest BCUT2D eigenvalue weighted by Crippen LogP contribution is 2.24. The number of non-ortho nitro benzene ring substituents is 1. The minimum Gasteiger partial charge on any atom is -0.290 e. The van der Waals surface area contributed by atoms with Crippen LogP contribution >= 0.6 is 23.1 Å². The van der Waals surface area contributed by atoms with Crippen LogP contribution in [0.25, 0.3) is 10.2 Å². The predicted octanol–water partition coefficient (Wildman–Crippen LogP) is 3.20. The second-order valence-electron chi connectivity index (χ2n) is 4.61. The molecule has 0 aliphatic carbocycles. The largest absolute Gasteiger partial charge is 0.290 e. The van der Waals surface area contributed by atoms with Crippen molar-refractivity contribution in [3.8, 4) is 0 Å². The van der Waals surface area contributed by atoms with Crippen molar-refractivity contribution in [3.63, 3.8) is 0 Å². The third kappa shape index (κ3) is 2.75. The minimum absolute atomic E-state index is 0.0632. The van der Waals surface area contributed by atoms with E-state index >= 15 is 0 Å². The van der Waals surface area contributed by atoms with Gasteiger partial charge < -0.3 is 0 Å². The Bertz CT molecular complexity index is 917. The maximum Gasteiger partial charge on any atom is 0.271 e. The van der Waals surface area contributed by atoms with Crippen molar-refractivity contribution in [2.24, 2.45) is 7.05 Å². The van der Waals surface area contributed by atoms with E-state index < -0.39 is 4.92 Å². The Morgan fingerprint density at radius 1 is 1.41 bits per heavy atom. The van der Waals surface area contributed by atoms with Gasteiger partial charge in [-0.2, -0.15) is 0 Å². The molecule has 3 rings (SSSR count). The van der Waals surface area contributed by atoms with Crippen LogP contribution in [0.5, 0.6) is 0 Å². The van der Waals surface area contributed by atoms with E-state index in [1.165, 1.54) is 39.8 Å². The molecule has 2 aromatic heterocycles. The lowest BCUT2D eigenvalue weighted by Gasteiger charge is -2.07. The molecular weight excluding hydrogens is 322 g/mol. The third-order valence-electron chi connectivity index (χ3n) is 3.14. The first-order valence-corrected chi connectivity index (χ1v) is 8.23. The Hall–Kier alpha value is -2.19. The van der Waals surface area contributed by atoms with Gasteiger partial charge >= 0.3 is 0 Å². The molecule has 0 N–H and O–H groups in total. The Kier molecular flexibility index (Phi) is 3.95. The second kappa shape index (κ2) is 5.90. The molecule has 0 saturated carbocycles. The highest BCUT2D eigenvalue weighted by molar-refractivity contribution is 7.98. The highest BCUT2D eigenvalue weighted by Gasteiger charge is 2.11. The molecule has 0 radical (unpaired) electrons. The number of nitro groups is 1. The minimum atomic E-state index is -0.417. The van der Waals surface area contributed by atoms with E-state index in [9.17, 15) is 14.9 Å². The lowest BCUT2D eigenvalue weighted by Crippen LogP contribution is -2.18. The van der Waals surface area contributed by atoms with E-state index in [2.05, 4.69) is 4.98 Å². The first-order valence-electron chi connectivity index (χ1n) is 6.36. The van der Waals surface area contributed by atoms with Crippen molar-refractivity contribution < 1.29 is 4.92 Å². The van der Waals surface area contributed by atoms with Crippen LogP contribution in [0, 0.1) is 10.1 Å². The summed E-state index contributed by atoms with van der Waals surface area (Å²) in [4.78, 5) is 27.0. The molecule has 112 valence electrons. The number of hydrogen-bond acceptors (Lipinski definition) is 6. The maximum atomic E-state index is 12.2. The maximum absolute atomic E-state index is 12.2. The molecule has 0 atom stereocenters. The van der Waals surface area contributed by atoms with E-state index in [0.717, 1.165) is 5.56 Å². The van der Waals surface area contributed by atoms with E-state index in [4.69, 9.17) is 0 Å². The molecule has 2 heterocycles. The van der Waals surface area contributed by atoms with Crippen molar-refractivity contribution >= 4 is 39.0 Å². The van der Waals surface area contributed by atoms with E-state index in [0.29, 0.717) is 21.1 Å². The van der Waals surface area contributed by atoms with Gasteiger partial charge in [-0.05, 0) is 17.0 Å². The zero-order valence-electron chi connectivity index (χ0n) is 11.6. The zero-order chi connectivity index (χ0) is 15.7. The molecule has 0 amide bonds. The summed E-state index contributed by atoms with van der Waals surface area (Å²) in [7, 11) is 1.68. The summed E-state index contributed by atoms with van der Waals surface area (Å²) in [5.41, 5.74) is 1.50. The van der Waals surface area contributed by atoms with Crippen LogP contribution in [0.3, 0.4) is 0 Å². The molecule has 0 aliphatic heterocycles. The van der Waals surface area contributed by atoms with Crippen LogP contribution < -0.4 is 5.56 Å². The van der Waals surface area contributed by atoms with Crippen LogP contribution in [-0.4, -0.2) is 14.5 Å². The van der Waals surface area contributed by atoms with Gasteiger partial charge in [0.15, 0.2) is 5.16 Å². The number of nitrogens with zero attached hydrogens (tertiary/aromatic N) is 3. The number of benzene rings is 1. The molecule has 1 aromatic carbocycles. The molecule has 8 heteroatoms. The topological polar surface area (TPSA) is 78.0 Å². The van der Waals surface area contributed by atoms with Gasteiger partial charge in [0, 0.05) is 24.9 Å². The Labute approximate surface area is 133 Å². The summed E-state index contributed by atoms with van der Waals surface area (Å²) in [6.45, 7) is 0. The fraction of sp³-hybridized carbons (Fsp3) is 0.143. The number of nitro benzene ring substituents is 1. The van der Waals surface area contributed by atoms with Gasteiger partial charge in [-0.1, -0.05) is 23.9 Å². The highest BCUT2D eigenvalue weighted by atomic mass is 32.2. The molecule has 3 aromatic rings. The fourth-order valence-corrected chi connectivity index (χ4v) is 3.72. The Morgan fingerprint density at radius 3 is 3.00 bits per heavy atom. The van der Waals surface area contributed by atoms with Gasteiger partial charge in [0.1, 0.15) is 4.70 Å². The summed E-state index contributed by atoms with van der Waals surface area (Å²) >= 11 is 2.76. The van der Waals surface area contributed by atoms with Crippen LogP contribution in [0.15, 0.2) is 45.7 Å². The SMILES string of the molecule is Cn1c(SCc2cccc([N+](=O)[O-])c2)nc2ccsc2c1=O. The normalized spacial score (nSPS) is 11.0. The van der Waals surface area contributed by atoms with E-state index in [1.807, 2.05) is 17.5 Å². The van der Waals surface area contributed by atoms with Crippen LogP contribution in [0.4, 0.5) is 5.69 Å². The van der Waals surface area contributed by atoms with Crippen molar-refractivity contribution in [2.45, 2.75) is 10.9 Å². The summed E-state index contributed by atoms with van der Waals surface area (Å²) in [5, 5.41) is 13.2. The molecule has 0 aliphatic rings. The van der Waals surface area contributed by atoms with Gasteiger partial charge in [0.25, 0.3) is 11.2 Å². The lowest BCUT2D eigenvalue weighted by atomic mass is 10.2. The van der Waals surface area contributed by atoms with E-state index in [-0.39, 0.29) is 11.2 Å². The van der Waals surface area contributed by atoms with Crippen LogP contribution in [0.2, 0.25) is 0 Å². The molecule has 0 saturated heterocycles. The summed E-state index contributed by atoms with van der Waals surface area (Å²) in [6.07, 6.45) is 0. The number of hydrogen-bond donors (Lipinski definition) is 0. The number of aromatic nitrogens is 2. The van der Waals surface area contributed by atoms with Gasteiger partial charge in [-0.15, -0.1) is 11.3 Å².